The first-order chi connectivity index (χ1) is 4.59. The molecular formula is C10H16. The van der Waals surface area contributed by atoms with E-state index in [1.165, 1.54) is 24.8 Å². The lowest BCUT2D eigenvalue weighted by molar-refractivity contribution is 0.243. The highest BCUT2D eigenvalue weighted by atomic mass is 14.5. The van der Waals surface area contributed by atoms with Crippen LogP contribution in [0.2, 0.25) is 0 Å². The summed E-state index contributed by atoms with van der Waals surface area (Å²) in [5.41, 5.74) is 2.16. The van der Waals surface area contributed by atoms with Gasteiger partial charge in [-0.15, -0.1) is 0 Å². The molecule has 2 bridgehead atoms. The van der Waals surface area contributed by atoms with Gasteiger partial charge in [-0.1, -0.05) is 26.0 Å². The third-order valence-corrected chi connectivity index (χ3v) is 3.53. The van der Waals surface area contributed by atoms with Gasteiger partial charge < -0.3 is 0 Å². The van der Waals surface area contributed by atoms with E-state index in [1.54, 1.807) is 0 Å². The lowest BCUT2D eigenvalue weighted by Crippen LogP contribution is -2.20. The largest absolute Gasteiger partial charge is 0.0996 e. The molecular weight excluding hydrogens is 120 g/mol. The highest BCUT2D eigenvalue weighted by Gasteiger charge is 2.46. The standard InChI is InChI=1S/C10H16/c1-7-4-9-5-8(7)6-10(9,2)3/h8-9H,1,4-6H2,2-3H3/t8-,9+/m0/s1. The van der Waals surface area contributed by atoms with Crippen LogP contribution in [0.25, 0.3) is 0 Å². The van der Waals surface area contributed by atoms with Gasteiger partial charge in [0.2, 0.25) is 0 Å². The Kier molecular flexibility index (Phi) is 1.07. The van der Waals surface area contributed by atoms with Crippen molar-refractivity contribution in [3.63, 3.8) is 0 Å². The van der Waals surface area contributed by atoms with E-state index < -0.39 is 0 Å². The Balaban J connectivity index is 2.24. The maximum Gasteiger partial charge on any atom is -0.0198 e. The minimum absolute atomic E-state index is 0.631. The van der Waals surface area contributed by atoms with Crippen LogP contribution >= 0.6 is 0 Å². The molecule has 2 fully saturated rings. The van der Waals surface area contributed by atoms with Gasteiger partial charge in [-0.2, -0.15) is 0 Å². The molecule has 0 unspecified atom stereocenters. The third kappa shape index (κ3) is 0.680. The fraction of sp³-hybridized carbons (Fsp3) is 0.800. The Labute approximate surface area is 63.3 Å². The maximum absolute atomic E-state index is 4.10. The summed E-state index contributed by atoms with van der Waals surface area (Å²) in [7, 11) is 0. The van der Waals surface area contributed by atoms with Crippen molar-refractivity contribution in [2.75, 3.05) is 0 Å². The van der Waals surface area contributed by atoms with Gasteiger partial charge in [0, 0.05) is 0 Å². The first kappa shape index (κ1) is 6.45. The second-order valence-corrected chi connectivity index (χ2v) is 4.68. The van der Waals surface area contributed by atoms with Crippen LogP contribution in [0.5, 0.6) is 0 Å². The Morgan fingerprint density at radius 2 is 2.20 bits per heavy atom. The van der Waals surface area contributed by atoms with E-state index >= 15 is 0 Å². The second kappa shape index (κ2) is 1.66. The molecule has 2 aliphatic carbocycles. The molecule has 0 amide bonds. The summed E-state index contributed by atoms with van der Waals surface area (Å²) in [6.07, 6.45) is 4.15. The maximum atomic E-state index is 4.10. The lowest BCUT2D eigenvalue weighted by atomic mass is 9.75. The van der Waals surface area contributed by atoms with E-state index in [0.29, 0.717) is 5.41 Å². The van der Waals surface area contributed by atoms with Gasteiger partial charge in [-0.05, 0) is 36.5 Å². The van der Waals surface area contributed by atoms with Gasteiger partial charge in [0.05, 0.1) is 0 Å². The van der Waals surface area contributed by atoms with Crippen LogP contribution < -0.4 is 0 Å². The molecule has 0 N–H and O–H groups in total. The summed E-state index contributed by atoms with van der Waals surface area (Å²) >= 11 is 0. The summed E-state index contributed by atoms with van der Waals surface area (Å²) < 4.78 is 0. The quantitative estimate of drug-likeness (QED) is 0.449. The van der Waals surface area contributed by atoms with Crippen molar-refractivity contribution in [3.8, 4) is 0 Å². The van der Waals surface area contributed by atoms with Crippen LogP contribution in [0, 0.1) is 17.3 Å². The van der Waals surface area contributed by atoms with E-state index in [2.05, 4.69) is 20.4 Å². The van der Waals surface area contributed by atoms with Gasteiger partial charge in [0.15, 0.2) is 0 Å². The van der Waals surface area contributed by atoms with Gasteiger partial charge >= 0.3 is 0 Å². The van der Waals surface area contributed by atoms with Gasteiger partial charge in [-0.25, -0.2) is 0 Å². The van der Waals surface area contributed by atoms with E-state index in [-0.39, 0.29) is 0 Å². The fourth-order valence-electron chi connectivity index (χ4n) is 2.70. The van der Waals surface area contributed by atoms with Crippen molar-refractivity contribution < 1.29 is 0 Å². The Morgan fingerprint density at radius 1 is 1.50 bits per heavy atom. The number of allylic oxidation sites excluding steroid dienone is 1. The van der Waals surface area contributed by atoms with Crippen LogP contribution in [-0.2, 0) is 0 Å². The second-order valence-electron chi connectivity index (χ2n) is 4.68. The topological polar surface area (TPSA) is 0 Å². The number of hydrogen-bond donors (Lipinski definition) is 0. The molecule has 0 aromatic heterocycles. The minimum atomic E-state index is 0.631. The lowest BCUT2D eigenvalue weighted by Gasteiger charge is -2.30. The zero-order valence-electron chi connectivity index (χ0n) is 6.98. The molecule has 2 atom stereocenters. The number of hydrogen-bond acceptors (Lipinski definition) is 0. The van der Waals surface area contributed by atoms with Crippen LogP contribution in [0.4, 0.5) is 0 Å². The van der Waals surface area contributed by atoms with Crippen LogP contribution in [0.1, 0.15) is 33.1 Å². The molecule has 2 saturated carbocycles. The molecule has 0 aromatic carbocycles. The molecule has 0 saturated heterocycles. The summed E-state index contributed by atoms with van der Waals surface area (Å²) in [5, 5.41) is 0. The summed E-state index contributed by atoms with van der Waals surface area (Å²) in [5.74, 6) is 1.85. The Bertz CT molecular complexity index is 176. The normalized spacial score (nSPS) is 42.8. The molecule has 0 aromatic rings. The van der Waals surface area contributed by atoms with Crippen LogP contribution in [0.15, 0.2) is 12.2 Å². The zero-order chi connectivity index (χ0) is 7.35. The first-order valence-corrected chi connectivity index (χ1v) is 4.27. The number of rotatable bonds is 0. The summed E-state index contributed by atoms with van der Waals surface area (Å²) in [6.45, 7) is 8.92. The van der Waals surface area contributed by atoms with Crippen molar-refractivity contribution in [1.29, 1.82) is 0 Å². The average Bonchev–Trinajstić information content (AvgIpc) is 2.21. The SMILES string of the molecule is C=C1C[C@@H]2C[C@H]1CC2(C)C. The first-order valence-electron chi connectivity index (χ1n) is 4.27. The van der Waals surface area contributed by atoms with Gasteiger partial charge in [0.1, 0.15) is 0 Å². The molecule has 2 rings (SSSR count). The van der Waals surface area contributed by atoms with E-state index in [0.717, 1.165) is 11.8 Å². The molecule has 2 aliphatic rings. The molecule has 0 heteroatoms. The van der Waals surface area contributed by atoms with Crippen molar-refractivity contribution >= 4 is 0 Å². The summed E-state index contributed by atoms with van der Waals surface area (Å²) in [6, 6.07) is 0. The van der Waals surface area contributed by atoms with Crippen molar-refractivity contribution in [3.05, 3.63) is 12.2 Å². The molecule has 0 aliphatic heterocycles. The molecule has 56 valence electrons. The van der Waals surface area contributed by atoms with Gasteiger partial charge in [0.25, 0.3) is 0 Å². The highest BCUT2D eigenvalue weighted by molar-refractivity contribution is 5.16. The Morgan fingerprint density at radius 3 is 2.50 bits per heavy atom. The predicted octanol–water partition coefficient (Wildman–Crippen LogP) is 3.00. The van der Waals surface area contributed by atoms with E-state index in [4.69, 9.17) is 0 Å². The molecule has 10 heavy (non-hydrogen) atoms. The van der Waals surface area contributed by atoms with Crippen molar-refractivity contribution in [2.24, 2.45) is 17.3 Å². The van der Waals surface area contributed by atoms with Crippen LogP contribution in [0.3, 0.4) is 0 Å². The third-order valence-electron chi connectivity index (χ3n) is 3.53. The molecule has 0 radical (unpaired) electrons. The Hall–Kier alpha value is -0.260. The van der Waals surface area contributed by atoms with Crippen molar-refractivity contribution in [1.82, 2.24) is 0 Å². The van der Waals surface area contributed by atoms with E-state index in [9.17, 15) is 0 Å². The molecule has 0 heterocycles. The molecule has 0 nitrogen and oxygen atoms in total. The average molecular weight is 136 g/mol. The number of fused-ring (bicyclic) bond motifs is 2. The smallest absolute Gasteiger partial charge is 0.0198 e. The van der Waals surface area contributed by atoms with E-state index in [1.807, 2.05) is 0 Å². The van der Waals surface area contributed by atoms with Crippen molar-refractivity contribution in [2.45, 2.75) is 33.1 Å². The monoisotopic (exact) mass is 136 g/mol. The summed E-state index contributed by atoms with van der Waals surface area (Å²) in [4.78, 5) is 0. The van der Waals surface area contributed by atoms with Gasteiger partial charge in [-0.3, -0.25) is 0 Å². The zero-order valence-corrected chi connectivity index (χ0v) is 6.98. The molecule has 0 spiro atoms. The van der Waals surface area contributed by atoms with Crippen LogP contribution in [-0.4, -0.2) is 0 Å². The minimum Gasteiger partial charge on any atom is -0.0996 e. The predicted molar refractivity (Wildman–Crippen MR) is 43.8 cm³/mol. The highest BCUT2D eigenvalue weighted by Crippen LogP contribution is 2.57. The fourth-order valence-corrected chi connectivity index (χ4v) is 2.70.